The zero-order chi connectivity index (χ0) is 20.6. The standard InChI is InChI=1S/C19H21F3N4O3/c20-19(21,22)15-9-16(27)26(11-23-15)10-12-5-7-25(8-6-12)18(28)17-13-3-1-2-4-14(13)29-24-17/h9,11-12H,1-8,10H2. The van der Waals surface area contributed by atoms with E-state index in [1.165, 1.54) is 4.57 Å². The fourth-order valence-electron chi connectivity index (χ4n) is 4.02. The molecule has 0 N–H and O–H groups in total. The summed E-state index contributed by atoms with van der Waals surface area (Å²) in [6.45, 7) is 1.30. The minimum Gasteiger partial charge on any atom is -0.360 e. The van der Waals surface area contributed by atoms with Crippen molar-refractivity contribution in [1.82, 2.24) is 19.6 Å². The van der Waals surface area contributed by atoms with E-state index in [9.17, 15) is 22.8 Å². The van der Waals surface area contributed by atoms with Crippen molar-refractivity contribution in [1.29, 1.82) is 0 Å². The fraction of sp³-hybridized carbons (Fsp3) is 0.579. The van der Waals surface area contributed by atoms with Gasteiger partial charge in [-0.3, -0.25) is 14.2 Å². The van der Waals surface area contributed by atoms with Gasteiger partial charge in [-0.15, -0.1) is 0 Å². The van der Waals surface area contributed by atoms with Gasteiger partial charge in [0.15, 0.2) is 11.4 Å². The molecule has 29 heavy (non-hydrogen) atoms. The van der Waals surface area contributed by atoms with Crippen LogP contribution in [0.5, 0.6) is 0 Å². The summed E-state index contributed by atoms with van der Waals surface area (Å²) >= 11 is 0. The molecule has 0 spiro atoms. The molecule has 10 heteroatoms. The maximum atomic E-state index is 12.8. The molecule has 4 rings (SSSR count). The number of piperidine rings is 1. The van der Waals surface area contributed by atoms with E-state index >= 15 is 0 Å². The second kappa shape index (κ2) is 7.64. The van der Waals surface area contributed by atoms with Crippen molar-refractivity contribution >= 4 is 5.91 Å². The third-order valence-electron chi connectivity index (χ3n) is 5.68. The number of nitrogens with zero attached hydrogens (tertiary/aromatic N) is 4. The Morgan fingerprint density at radius 2 is 1.93 bits per heavy atom. The fourth-order valence-corrected chi connectivity index (χ4v) is 4.02. The van der Waals surface area contributed by atoms with Gasteiger partial charge in [-0.05, 0) is 38.0 Å². The summed E-state index contributed by atoms with van der Waals surface area (Å²) in [4.78, 5) is 29.9. The molecule has 0 bridgehead atoms. The minimum absolute atomic E-state index is 0.0847. The van der Waals surface area contributed by atoms with Gasteiger partial charge < -0.3 is 9.42 Å². The highest BCUT2D eigenvalue weighted by Gasteiger charge is 2.33. The van der Waals surface area contributed by atoms with E-state index in [-0.39, 0.29) is 18.4 Å². The summed E-state index contributed by atoms with van der Waals surface area (Å²) in [6, 6.07) is 0.520. The van der Waals surface area contributed by atoms with Crippen LogP contribution in [-0.2, 0) is 25.6 Å². The first-order chi connectivity index (χ1) is 13.8. The number of alkyl halides is 3. The molecule has 0 unspecified atom stereocenters. The van der Waals surface area contributed by atoms with E-state index < -0.39 is 17.4 Å². The van der Waals surface area contributed by atoms with Crippen molar-refractivity contribution < 1.29 is 22.5 Å². The van der Waals surface area contributed by atoms with Crippen LogP contribution in [0.15, 0.2) is 21.7 Å². The molecule has 0 aromatic carbocycles. The van der Waals surface area contributed by atoms with Crippen LogP contribution in [0.25, 0.3) is 0 Å². The first kappa shape index (κ1) is 19.7. The van der Waals surface area contributed by atoms with Crippen LogP contribution in [0.2, 0.25) is 0 Å². The van der Waals surface area contributed by atoms with Crippen molar-refractivity contribution in [2.45, 2.75) is 51.2 Å². The van der Waals surface area contributed by atoms with Gasteiger partial charge in [0.1, 0.15) is 5.76 Å². The van der Waals surface area contributed by atoms with Gasteiger partial charge in [0.2, 0.25) is 0 Å². The summed E-state index contributed by atoms with van der Waals surface area (Å²) in [5.74, 6) is 0.758. The van der Waals surface area contributed by atoms with E-state index in [0.29, 0.717) is 37.7 Å². The SMILES string of the molecule is O=C(c1noc2c1CCCC2)N1CCC(Cn2cnc(C(F)(F)F)cc2=O)CC1. The van der Waals surface area contributed by atoms with Gasteiger partial charge in [0, 0.05) is 37.7 Å². The maximum absolute atomic E-state index is 12.8. The molecule has 7 nitrogen and oxygen atoms in total. The monoisotopic (exact) mass is 410 g/mol. The zero-order valence-corrected chi connectivity index (χ0v) is 15.7. The van der Waals surface area contributed by atoms with E-state index in [4.69, 9.17) is 4.52 Å². The van der Waals surface area contributed by atoms with Gasteiger partial charge in [0.25, 0.3) is 11.5 Å². The molecule has 1 saturated heterocycles. The Labute approximate surface area is 164 Å². The third kappa shape index (κ3) is 4.06. The number of aromatic nitrogens is 3. The smallest absolute Gasteiger partial charge is 0.360 e. The van der Waals surface area contributed by atoms with Crippen molar-refractivity contribution in [2.24, 2.45) is 5.92 Å². The highest BCUT2D eigenvalue weighted by molar-refractivity contribution is 5.94. The number of rotatable bonds is 3. The number of fused-ring (bicyclic) bond motifs is 1. The number of amides is 1. The number of likely N-dealkylation sites (tertiary alicyclic amines) is 1. The second-order valence-corrected chi connectivity index (χ2v) is 7.64. The molecule has 2 aromatic rings. The average Bonchev–Trinajstić information content (AvgIpc) is 3.13. The predicted octanol–water partition coefficient (Wildman–Crippen LogP) is 2.68. The van der Waals surface area contributed by atoms with Crippen molar-refractivity contribution in [3.05, 3.63) is 45.5 Å². The van der Waals surface area contributed by atoms with E-state index in [0.717, 1.165) is 43.3 Å². The number of hydrogen-bond donors (Lipinski definition) is 0. The van der Waals surface area contributed by atoms with Gasteiger partial charge in [-0.1, -0.05) is 5.16 Å². The molecule has 2 aliphatic rings. The number of carbonyl (C=O) groups is 1. The zero-order valence-electron chi connectivity index (χ0n) is 15.7. The Balaban J connectivity index is 1.37. The Bertz CT molecular complexity index is 958. The second-order valence-electron chi connectivity index (χ2n) is 7.64. The Kier molecular flexibility index (Phi) is 5.18. The van der Waals surface area contributed by atoms with Crippen molar-refractivity contribution in [3.63, 3.8) is 0 Å². The third-order valence-corrected chi connectivity index (χ3v) is 5.68. The van der Waals surface area contributed by atoms with Crippen LogP contribution in [0.3, 0.4) is 0 Å². The summed E-state index contributed by atoms with van der Waals surface area (Å²) in [5.41, 5.74) is -0.581. The molecular formula is C19H21F3N4O3. The molecule has 0 atom stereocenters. The molecule has 1 aliphatic heterocycles. The van der Waals surface area contributed by atoms with E-state index in [1.807, 2.05) is 0 Å². The van der Waals surface area contributed by atoms with Crippen molar-refractivity contribution in [3.8, 4) is 0 Å². The highest BCUT2D eigenvalue weighted by Crippen LogP contribution is 2.28. The van der Waals surface area contributed by atoms with Crippen molar-refractivity contribution in [2.75, 3.05) is 13.1 Å². The van der Waals surface area contributed by atoms with Crippen LogP contribution < -0.4 is 5.56 Å². The molecular weight excluding hydrogens is 389 g/mol. The topological polar surface area (TPSA) is 81.2 Å². The Morgan fingerprint density at radius 1 is 1.21 bits per heavy atom. The quantitative estimate of drug-likeness (QED) is 0.777. The van der Waals surface area contributed by atoms with E-state index in [1.54, 1.807) is 4.90 Å². The first-order valence-electron chi connectivity index (χ1n) is 9.73. The van der Waals surface area contributed by atoms with Crippen LogP contribution >= 0.6 is 0 Å². The van der Waals surface area contributed by atoms with Gasteiger partial charge in [-0.25, -0.2) is 4.98 Å². The summed E-state index contributed by atoms with van der Waals surface area (Å²) in [7, 11) is 0. The lowest BCUT2D eigenvalue weighted by Crippen LogP contribution is -2.40. The maximum Gasteiger partial charge on any atom is 0.433 e. The van der Waals surface area contributed by atoms with E-state index in [2.05, 4.69) is 10.1 Å². The van der Waals surface area contributed by atoms with Crippen LogP contribution in [-0.4, -0.2) is 38.6 Å². The van der Waals surface area contributed by atoms with Gasteiger partial charge in [-0.2, -0.15) is 13.2 Å². The molecule has 2 aromatic heterocycles. The molecule has 0 radical (unpaired) electrons. The van der Waals surface area contributed by atoms with Crippen LogP contribution in [0.4, 0.5) is 13.2 Å². The number of hydrogen-bond acceptors (Lipinski definition) is 5. The number of aryl methyl sites for hydroxylation is 1. The average molecular weight is 410 g/mol. The van der Waals surface area contributed by atoms with Crippen LogP contribution in [0, 0.1) is 5.92 Å². The molecule has 3 heterocycles. The lowest BCUT2D eigenvalue weighted by molar-refractivity contribution is -0.141. The largest absolute Gasteiger partial charge is 0.433 e. The predicted molar refractivity (Wildman–Crippen MR) is 95.3 cm³/mol. The molecule has 1 aliphatic carbocycles. The molecule has 0 saturated carbocycles. The summed E-state index contributed by atoms with van der Waals surface area (Å²) in [6.07, 6.45) is 1.30. The highest BCUT2D eigenvalue weighted by atomic mass is 19.4. The van der Waals surface area contributed by atoms with Gasteiger partial charge in [0.05, 0.1) is 6.33 Å². The molecule has 1 fully saturated rings. The normalized spacial score (nSPS) is 18.0. The molecule has 156 valence electrons. The molecule has 1 amide bonds. The van der Waals surface area contributed by atoms with Gasteiger partial charge >= 0.3 is 6.18 Å². The summed E-state index contributed by atoms with van der Waals surface area (Å²) < 4.78 is 44.4. The Morgan fingerprint density at radius 3 is 2.62 bits per heavy atom. The number of carbonyl (C=O) groups excluding carboxylic acids is 1. The van der Waals surface area contributed by atoms with Crippen LogP contribution in [0.1, 0.15) is 53.2 Å². The Hall–Kier alpha value is -2.65. The lowest BCUT2D eigenvalue weighted by atomic mass is 9.94. The first-order valence-corrected chi connectivity index (χ1v) is 9.73. The minimum atomic E-state index is -4.63. The lowest BCUT2D eigenvalue weighted by Gasteiger charge is -2.32. The number of halogens is 3. The summed E-state index contributed by atoms with van der Waals surface area (Å²) in [5, 5.41) is 3.99.